The average molecular weight is 481 g/mol. The second kappa shape index (κ2) is 17.2. The second-order valence-corrected chi connectivity index (χ2v) is 11.5. The molecule has 182 valence electrons. The maximum atomic E-state index is 11.1. The molecule has 0 N–H and O–H groups in total. The Kier molecular flexibility index (Phi) is 17.7. The number of esters is 2. The molecule has 0 atom stereocenters. The fraction of sp³-hybridized carbons (Fsp3) is 0.700. The van der Waals surface area contributed by atoms with Crippen molar-refractivity contribution in [1.29, 1.82) is 0 Å². The van der Waals surface area contributed by atoms with Crippen LogP contribution in [0.2, 0.25) is 6.04 Å². The number of methoxy groups -OCH3 is 2. The number of rotatable bonds is 15. The lowest BCUT2D eigenvalue weighted by Crippen LogP contribution is -2.42. The van der Waals surface area contributed by atoms with Gasteiger partial charge in [-0.2, -0.15) is 0 Å². The molecule has 0 aromatic carbocycles. The Morgan fingerprint density at radius 3 is 1.52 bits per heavy atom. The van der Waals surface area contributed by atoms with E-state index in [2.05, 4.69) is 13.2 Å². The molecule has 9 nitrogen and oxygen atoms in total. The fourth-order valence-electron chi connectivity index (χ4n) is 2.10. The first-order chi connectivity index (χ1) is 14.5. The molecular weight excluding hydrogens is 440 g/mol. The molecule has 0 spiro atoms. The van der Waals surface area contributed by atoms with Crippen LogP contribution in [0.1, 0.15) is 33.1 Å². The predicted octanol–water partition coefficient (Wildman–Crippen LogP) is 1.57. The molecule has 0 saturated carbocycles. The van der Waals surface area contributed by atoms with Gasteiger partial charge in [0, 0.05) is 52.7 Å². The lowest BCUT2D eigenvalue weighted by Gasteiger charge is -2.26. The lowest BCUT2D eigenvalue weighted by atomic mass is 10.3. The second-order valence-electron chi connectivity index (χ2n) is 6.88. The molecule has 0 radical (unpaired) electrons. The predicted molar refractivity (Wildman–Crippen MR) is 124 cm³/mol. The summed E-state index contributed by atoms with van der Waals surface area (Å²) < 4.78 is 36.0. The minimum absolute atomic E-state index is 0.316. The van der Waals surface area contributed by atoms with Crippen molar-refractivity contribution in [3.05, 3.63) is 24.3 Å². The fourth-order valence-corrected chi connectivity index (χ4v) is 4.15. The molecule has 0 aliphatic rings. The topological polar surface area (TPSA) is 98.8 Å². The normalized spacial score (nSPS) is 11.3. The van der Waals surface area contributed by atoms with Crippen molar-refractivity contribution in [2.24, 2.45) is 0 Å². The summed E-state index contributed by atoms with van der Waals surface area (Å²) in [4.78, 5) is 22.1. The van der Waals surface area contributed by atoms with Crippen LogP contribution >= 0.6 is 0 Å². The number of ether oxygens (including phenoxy) is 4. The number of carbonyl (C=O) groups excluding carboxylic acids is 2. The third-order valence-electron chi connectivity index (χ3n) is 4.36. The van der Waals surface area contributed by atoms with E-state index in [1.807, 2.05) is 0 Å². The molecule has 0 aliphatic carbocycles. The van der Waals surface area contributed by atoms with Crippen molar-refractivity contribution >= 4 is 31.0 Å². The van der Waals surface area contributed by atoms with E-state index >= 15 is 0 Å². The summed E-state index contributed by atoms with van der Waals surface area (Å²) in [5, 5.41) is 0. The molecule has 0 bridgehead atoms. The summed E-state index contributed by atoms with van der Waals surface area (Å²) in [6.07, 6.45) is 2.10. The highest BCUT2D eigenvalue weighted by Crippen LogP contribution is 2.15. The molecule has 0 fully saturated rings. The van der Waals surface area contributed by atoms with Gasteiger partial charge < -0.3 is 32.2 Å². The average Bonchev–Trinajstić information content (AvgIpc) is 2.77. The first kappa shape index (κ1) is 31.8. The van der Waals surface area contributed by atoms with E-state index in [9.17, 15) is 9.59 Å². The van der Waals surface area contributed by atoms with Crippen LogP contribution in [-0.2, 0) is 41.8 Å². The molecule has 0 unspecified atom stereocenters. The Hall–Kier alpha value is -1.35. The largest absolute Gasteiger partial charge is 0.500 e. The maximum Gasteiger partial charge on any atom is 0.500 e. The van der Waals surface area contributed by atoms with E-state index in [4.69, 9.17) is 32.2 Å². The molecule has 0 saturated heterocycles. The van der Waals surface area contributed by atoms with Crippen LogP contribution in [0.4, 0.5) is 0 Å². The molecule has 11 heteroatoms. The van der Waals surface area contributed by atoms with Crippen molar-refractivity contribution in [3.63, 3.8) is 0 Å². The van der Waals surface area contributed by atoms with E-state index in [1.165, 1.54) is 0 Å². The maximum absolute atomic E-state index is 11.1. The summed E-state index contributed by atoms with van der Waals surface area (Å²) >= 11 is 0. The van der Waals surface area contributed by atoms with E-state index in [-0.39, 0.29) is 11.9 Å². The molecule has 31 heavy (non-hydrogen) atoms. The third kappa shape index (κ3) is 14.4. The zero-order chi connectivity index (χ0) is 24.5. The first-order valence-corrected chi connectivity index (χ1v) is 12.8. The molecule has 0 aromatic heterocycles. The molecule has 0 heterocycles. The molecule has 0 rings (SSSR count). The van der Waals surface area contributed by atoms with Crippen LogP contribution in [0.15, 0.2) is 24.3 Å². The van der Waals surface area contributed by atoms with Gasteiger partial charge in [0.25, 0.3) is 0 Å². The van der Waals surface area contributed by atoms with Gasteiger partial charge in [0.15, 0.2) is 0 Å². The summed E-state index contributed by atoms with van der Waals surface area (Å²) in [7, 11) is 6.15. The Bertz CT molecular complexity index is 551. The quantitative estimate of drug-likeness (QED) is 0.114. The van der Waals surface area contributed by atoms with Gasteiger partial charge in [0.05, 0.1) is 23.5 Å². The first-order valence-electron chi connectivity index (χ1n) is 9.87. The van der Waals surface area contributed by atoms with Crippen LogP contribution in [0, 0.1) is 0 Å². The van der Waals surface area contributed by atoms with Gasteiger partial charge in [0.2, 0.25) is 0 Å². The van der Waals surface area contributed by atoms with Gasteiger partial charge in [-0.3, -0.25) is 0 Å². The van der Waals surface area contributed by atoms with E-state index in [0.717, 1.165) is 23.1 Å². The highest BCUT2D eigenvalue weighted by atomic mass is 28.4. The Morgan fingerprint density at radius 1 is 0.806 bits per heavy atom. The SMILES string of the molecule is C=C(C)C(=O)OCCCC([SiH3])(OC)OC.C=C(C)C(=O)OCCC[Si](OC)(OC)OC. The monoisotopic (exact) mass is 480 g/mol. The molecule has 0 aliphatic heterocycles. The minimum Gasteiger partial charge on any atom is -0.462 e. The molecule has 0 amide bonds. The zero-order valence-electron chi connectivity index (χ0n) is 20.3. The number of hydrogen-bond donors (Lipinski definition) is 0. The van der Waals surface area contributed by atoms with Crippen LogP contribution < -0.4 is 0 Å². The smallest absolute Gasteiger partial charge is 0.462 e. The van der Waals surface area contributed by atoms with Crippen molar-refractivity contribution in [1.82, 2.24) is 0 Å². The van der Waals surface area contributed by atoms with Gasteiger partial charge in [-0.15, -0.1) is 0 Å². The van der Waals surface area contributed by atoms with Gasteiger partial charge in [-0.05, 0) is 33.1 Å². The van der Waals surface area contributed by atoms with Crippen LogP contribution in [-0.4, -0.2) is 85.2 Å². The van der Waals surface area contributed by atoms with Gasteiger partial charge >= 0.3 is 20.7 Å². The number of hydrogen-bond acceptors (Lipinski definition) is 9. The molecular formula is C20H40O9Si2. The Labute approximate surface area is 190 Å². The van der Waals surface area contributed by atoms with Crippen LogP contribution in [0.3, 0.4) is 0 Å². The summed E-state index contributed by atoms with van der Waals surface area (Å²) in [6.45, 7) is 10.9. The summed E-state index contributed by atoms with van der Waals surface area (Å²) in [5.74, 6) is -0.719. The van der Waals surface area contributed by atoms with Crippen molar-refractivity contribution < 1.29 is 41.8 Å². The minimum atomic E-state index is -2.53. The van der Waals surface area contributed by atoms with Gasteiger partial charge in [-0.1, -0.05) is 13.2 Å². The van der Waals surface area contributed by atoms with Crippen molar-refractivity contribution in [2.75, 3.05) is 48.8 Å². The van der Waals surface area contributed by atoms with Gasteiger partial charge in [-0.25, -0.2) is 9.59 Å². The van der Waals surface area contributed by atoms with Crippen molar-refractivity contribution in [2.45, 2.75) is 44.6 Å². The van der Waals surface area contributed by atoms with E-state index in [1.54, 1.807) is 49.4 Å². The third-order valence-corrected chi connectivity index (χ3v) is 8.51. The lowest BCUT2D eigenvalue weighted by molar-refractivity contribution is -0.152. The van der Waals surface area contributed by atoms with Crippen LogP contribution in [0.25, 0.3) is 0 Å². The highest BCUT2D eigenvalue weighted by molar-refractivity contribution is 6.60. The Morgan fingerprint density at radius 2 is 1.19 bits per heavy atom. The summed E-state index contributed by atoms with van der Waals surface area (Å²) in [6, 6.07) is 0.611. The van der Waals surface area contributed by atoms with Gasteiger partial charge in [0.1, 0.15) is 5.41 Å². The standard InChI is InChI=1S/C10H20O5Si.C10H20O4Si/c1-9(2)10(11)15-7-6-8-16(12-3,13-4)14-5;1-8(2)9(11)14-7-5-6-10(15,12-3)13-4/h1,6-8H2,2-5H3;1,5-7H2,2-4,15H3. The Balaban J connectivity index is 0. The molecule has 0 aromatic rings. The summed E-state index contributed by atoms with van der Waals surface area (Å²) in [5.41, 5.74) is 0.356. The zero-order valence-corrected chi connectivity index (χ0v) is 23.3. The van der Waals surface area contributed by atoms with E-state index in [0.29, 0.717) is 36.8 Å². The number of carbonyl (C=O) groups is 2. The van der Waals surface area contributed by atoms with Crippen LogP contribution in [0.5, 0.6) is 0 Å². The van der Waals surface area contributed by atoms with E-state index < -0.39 is 14.2 Å². The highest BCUT2D eigenvalue weighted by Gasteiger charge is 2.37. The van der Waals surface area contributed by atoms with Crippen molar-refractivity contribution in [3.8, 4) is 0 Å².